The molecule has 6 nitrogen and oxygen atoms in total. The van der Waals surface area contributed by atoms with Crippen LogP contribution in [0.1, 0.15) is 28.8 Å². The highest BCUT2D eigenvalue weighted by molar-refractivity contribution is 5.92. The van der Waals surface area contributed by atoms with Crippen molar-refractivity contribution in [2.24, 2.45) is 11.3 Å². The second kappa shape index (κ2) is 8.29. The number of rotatable bonds is 6. The van der Waals surface area contributed by atoms with Crippen LogP contribution in [0.2, 0.25) is 0 Å². The van der Waals surface area contributed by atoms with Crippen molar-refractivity contribution >= 4 is 11.8 Å². The van der Waals surface area contributed by atoms with Crippen LogP contribution in [0.15, 0.2) is 48.7 Å². The molecule has 148 valence electrons. The third-order valence-electron chi connectivity index (χ3n) is 6.17. The summed E-state index contributed by atoms with van der Waals surface area (Å²) in [7, 11) is 0. The zero-order valence-electron chi connectivity index (χ0n) is 16.0. The molecule has 2 aliphatic heterocycles. The quantitative estimate of drug-likeness (QED) is 0.801. The molecule has 0 unspecified atom stereocenters. The van der Waals surface area contributed by atoms with Gasteiger partial charge >= 0.3 is 5.97 Å². The van der Waals surface area contributed by atoms with Crippen molar-refractivity contribution in [1.82, 2.24) is 9.88 Å². The molecule has 0 radical (unpaired) electrons. The van der Waals surface area contributed by atoms with E-state index in [0.717, 1.165) is 52.2 Å². The number of pyridine rings is 1. The van der Waals surface area contributed by atoms with E-state index in [1.807, 2.05) is 6.07 Å². The fourth-order valence-corrected chi connectivity index (χ4v) is 4.67. The molecule has 2 N–H and O–H groups in total. The molecule has 6 heteroatoms. The Morgan fingerprint density at radius 3 is 2.75 bits per heavy atom. The van der Waals surface area contributed by atoms with Crippen LogP contribution in [-0.4, -0.2) is 53.8 Å². The summed E-state index contributed by atoms with van der Waals surface area (Å²) in [5, 5.41) is 12.7. The Morgan fingerprint density at radius 2 is 2.00 bits per heavy atom. The van der Waals surface area contributed by atoms with Crippen molar-refractivity contribution in [2.45, 2.75) is 19.4 Å². The van der Waals surface area contributed by atoms with Crippen LogP contribution in [0.25, 0.3) is 0 Å². The number of carboxylic acid groups (broad SMARTS) is 1. The average molecular weight is 381 g/mol. The second-order valence-corrected chi connectivity index (χ2v) is 7.91. The number of hydrogen-bond acceptors (Lipinski definition) is 5. The molecule has 0 bridgehead atoms. The van der Waals surface area contributed by atoms with Crippen LogP contribution in [0.4, 0.5) is 5.82 Å². The van der Waals surface area contributed by atoms with Gasteiger partial charge in [-0.1, -0.05) is 30.3 Å². The lowest BCUT2D eigenvalue weighted by atomic mass is 9.72. The number of aromatic nitrogens is 1. The molecule has 2 fully saturated rings. The topological polar surface area (TPSA) is 74.7 Å². The first-order valence-electron chi connectivity index (χ1n) is 9.92. The summed E-state index contributed by atoms with van der Waals surface area (Å²) in [5.74, 6) is -0.0593. The van der Waals surface area contributed by atoms with Gasteiger partial charge in [-0.15, -0.1) is 0 Å². The Labute approximate surface area is 165 Å². The third kappa shape index (κ3) is 4.03. The van der Waals surface area contributed by atoms with Gasteiger partial charge in [-0.25, -0.2) is 9.78 Å². The lowest BCUT2D eigenvalue weighted by Gasteiger charge is -2.38. The van der Waals surface area contributed by atoms with Crippen molar-refractivity contribution in [1.29, 1.82) is 0 Å². The first kappa shape index (κ1) is 18.9. The largest absolute Gasteiger partial charge is 0.478 e. The molecule has 0 amide bonds. The smallest absolute Gasteiger partial charge is 0.339 e. The summed E-state index contributed by atoms with van der Waals surface area (Å²) < 4.78 is 5.64. The molecule has 1 aromatic heterocycles. The highest BCUT2D eigenvalue weighted by atomic mass is 16.5. The lowest BCUT2D eigenvalue weighted by Crippen LogP contribution is -2.39. The maximum atomic E-state index is 11.5. The minimum Gasteiger partial charge on any atom is -0.478 e. The molecule has 1 atom stereocenters. The van der Waals surface area contributed by atoms with Crippen LogP contribution >= 0.6 is 0 Å². The van der Waals surface area contributed by atoms with Crippen molar-refractivity contribution in [3.63, 3.8) is 0 Å². The maximum absolute atomic E-state index is 11.5. The maximum Gasteiger partial charge on any atom is 0.339 e. The zero-order chi connectivity index (χ0) is 19.4. The lowest BCUT2D eigenvalue weighted by molar-refractivity contribution is 0.00170. The minimum atomic E-state index is -0.950. The van der Waals surface area contributed by atoms with Gasteiger partial charge in [0.2, 0.25) is 0 Å². The highest BCUT2D eigenvalue weighted by Crippen LogP contribution is 2.44. The van der Waals surface area contributed by atoms with Gasteiger partial charge in [0.15, 0.2) is 0 Å². The van der Waals surface area contributed by atoms with E-state index in [4.69, 9.17) is 4.74 Å². The summed E-state index contributed by atoms with van der Waals surface area (Å²) in [6, 6.07) is 13.8. The van der Waals surface area contributed by atoms with E-state index >= 15 is 0 Å². The van der Waals surface area contributed by atoms with Crippen molar-refractivity contribution in [3.05, 3.63) is 59.8 Å². The van der Waals surface area contributed by atoms with E-state index in [1.54, 1.807) is 18.3 Å². The fourth-order valence-electron chi connectivity index (χ4n) is 4.67. The van der Waals surface area contributed by atoms with Gasteiger partial charge in [0, 0.05) is 45.6 Å². The summed E-state index contributed by atoms with van der Waals surface area (Å²) in [6.45, 7) is 5.34. The van der Waals surface area contributed by atoms with Gasteiger partial charge in [-0.3, -0.25) is 4.90 Å². The van der Waals surface area contributed by atoms with Gasteiger partial charge in [0.05, 0.1) is 0 Å². The molecule has 2 saturated heterocycles. The molecule has 28 heavy (non-hydrogen) atoms. The van der Waals surface area contributed by atoms with Gasteiger partial charge in [-0.2, -0.15) is 0 Å². The van der Waals surface area contributed by atoms with Gasteiger partial charge < -0.3 is 15.2 Å². The molecule has 4 rings (SSSR count). The number of nitrogens with zero attached hydrogens (tertiary/aromatic N) is 2. The highest BCUT2D eigenvalue weighted by Gasteiger charge is 2.46. The number of aromatic carboxylic acids is 1. The predicted octanol–water partition coefficient (Wildman–Crippen LogP) is 3.12. The van der Waals surface area contributed by atoms with E-state index in [9.17, 15) is 9.90 Å². The van der Waals surface area contributed by atoms with E-state index in [2.05, 4.69) is 39.5 Å². The standard InChI is InChI=1S/C22H27N3O3/c26-21(27)19-7-4-10-23-20(19)24-13-18-15-25(14-17-5-2-1-3-6-17)16-22(18)8-11-28-12-9-22/h1-7,10,18H,8-9,11-16H2,(H,23,24)(H,26,27)/t18-/m0/s1. The van der Waals surface area contributed by atoms with Crippen molar-refractivity contribution < 1.29 is 14.6 Å². The molecule has 0 aliphatic carbocycles. The summed E-state index contributed by atoms with van der Waals surface area (Å²) in [4.78, 5) is 18.2. The predicted molar refractivity (Wildman–Crippen MR) is 107 cm³/mol. The molecule has 2 aliphatic rings. The Morgan fingerprint density at radius 1 is 1.21 bits per heavy atom. The molecule has 1 aromatic carbocycles. The third-order valence-corrected chi connectivity index (χ3v) is 6.17. The second-order valence-electron chi connectivity index (χ2n) is 7.91. The van der Waals surface area contributed by atoms with Crippen LogP contribution in [0.5, 0.6) is 0 Å². The molecular weight excluding hydrogens is 354 g/mol. The van der Waals surface area contributed by atoms with Crippen molar-refractivity contribution in [2.75, 3.05) is 38.2 Å². The van der Waals surface area contributed by atoms with E-state index < -0.39 is 5.97 Å². The molecule has 2 aromatic rings. The molecule has 1 spiro atoms. The number of carboxylic acids is 1. The Kier molecular flexibility index (Phi) is 5.59. The number of benzene rings is 1. The number of likely N-dealkylation sites (tertiary alicyclic amines) is 1. The van der Waals surface area contributed by atoms with Gasteiger partial charge in [0.25, 0.3) is 0 Å². The van der Waals surface area contributed by atoms with Crippen molar-refractivity contribution in [3.8, 4) is 0 Å². The fraction of sp³-hybridized carbons (Fsp3) is 0.455. The van der Waals surface area contributed by atoms with E-state index in [1.165, 1.54) is 5.56 Å². The van der Waals surface area contributed by atoms with Gasteiger partial charge in [-0.05, 0) is 41.9 Å². The zero-order valence-corrected chi connectivity index (χ0v) is 16.0. The summed E-state index contributed by atoms with van der Waals surface area (Å²) in [6.07, 6.45) is 3.74. The van der Waals surface area contributed by atoms with Gasteiger partial charge in [0.1, 0.15) is 11.4 Å². The molecular formula is C22H27N3O3. The summed E-state index contributed by atoms with van der Waals surface area (Å²) in [5.41, 5.74) is 1.77. The SMILES string of the molecule is O=C(O)c1cccnc1NC[C@H]1CN(Cc2ccccc2)CC12CCOCC2. The van der Waals surface area contributed by atoms with Crippen LogP contribution in [-0.2, 0) is 11.3 Å². The van der Waals surface area contributed by atoms with Crippen LogP contribution < -0.4 is 5.32 Å². The first-order valence-corrected chi connectivity index (χ1v) is 9.92. The number of anilines is 1. The minimum absolute atomic E-state index is 0.220. The number of nitrogens with one attached hydrogen (secondary N) is 1. The van der Waals surface area contributed by atoms with E-state index in [-0.39, 0.29) is 11.0 Å². The van der Waals surface area contributed by atoms with E-state index in [0.29, 0.717) is 11.7 Å². The Bertz CT molecular complexity index is 806. The van der Waals surface area contributed by atoms with Crippen LogP contribution in [0, 0.1) is 11.3 Å². The Hall–Kier alpha value is -2.44. The normalized spacial score (nSPS) is 21.6. The molecule has 3 heterocycles. The first-order chi connectivity index (χ1) is 13.7. The average Bonchev–Trinajstić information content (AvgIpc) is 3.04. The number of ether oxygens (including phenoxy) is 1. The molecule has 0 saturated carbocycles. The number of hydrogen-bond donors (Lipinski definition) is 2. The summed E-state index contributed by atoms with van der Waals surface area (Å²) >= 11 is 0. The number of carbonyl (C=O) groups is 1. The monoisotopic (exact) mass is 381 g/mol. The van der Waals surface area contributed by atoms with Crippen LogP contribution in [0.3, 0.4) is 0 Å². The Balaban J connectivity index is 1.48.